The van der Waals surface area contributed by atoms with E-state index in [2.05, 4.69) is 10.6 Å². The number of nitrogens with one attached hydrogen (secondary N) is 2. The Bertz CT molecular complexity index is 930. The number of benzene rings is 3. The Hall–Kier alpha value is -3.80. The standard InChI is InChI=1S/C26H28N2O4/c1-3-23(31-21-14-7-5-8-15-21)25(29)27-19-12-11-13-20(18-19)28-26(30)24(4-2)32-22-16-9-6-10-17-22/h5-18,23-24H,3-4H2,1-2H3,(H,27,29)(H,28,30)/t23-,24-/m0/s1. The first-order chi connectivity index (χ1) is 15.6. The Balaban J connectivity index is 1.61. The molecule has 3 rings (SSSR count). The van der Waals surface area contributed by atoms with Crippen LogP contribution in [0.15, 0.2) is 84.9 Å². The van der Waals surface area contributed by atoms with E-state index in [1.807, 2.05) is 74.5 Å². The summed E-state index contributed by atoms with van der Waals surface area (Å²) in [5.41, 5.74) is 1.14. The second kappa shape index (κ2) is 11.6. The van der Waals surface area contributed by atoms with Crippen LogP contribution < -0.4 is 20.1 Å². The van der Waals surface area contributed by atoms with E-state index in [0.29, 0.717) is 35.7 Å². The van der Waals surface area contributed by atoms with Gasteiger partial charge in [0.25, 0.3) is 11.8 Å². The van der Waals surface area contributed by atoms with Gasteiger partial charge in [0.15, 0.2) is 12.2 Å². The van der Waals surface area contributed by atoms with Crippen LogP contribution in [0, 0.1) is 0 Å². The molecule has 0 aliphatic carbocycles. The Kier molecular flexibility index (Phi) is 8.26. The van der Waals surface area contributed by atoms with Gasteiger partial charge in [0.1, 0.15) is 11.5 Å². The molecule has 6 heteroatoms. The lowest BCUT2D eigenvalue weighted by Crippen LogP contribution is -2.33. The molecular weight excluding hydrogens is 404 g/mol. The third kappa shape index (κ3) is 6.60. The highest BCUT2D eigenvalue weighted by Gasteiger charge is 2.20. The molecular formula is C26H28N2O4. The summed E-state index contributed by atoms with van der Waals surface area (Å²) in [5.74, 6) is 0.774. The average Bonchev–Trinajstić information content (AvgIpc) is 2.82. The van der Waals surface area contributed by atoms with E-state index in [4.69, 9.17) is 9.47 Å². The van der Waals surface area contributed by atoms with Crippen molar-refractivity contribution in [2.45, 2.75) is 38.9 Å². The minimum atomic E-state index is -0.626. The maximum absolute atomic E-state index is 12.7. The molecule has 0 bridgehead atoms. The normalized spacial score (nSPS) is 12.3. The fraction of sp³-hybridized carbons (Fsp3) is 0.231. The van der Waals surface area contributed by atoms with Gasteiger partial charge >= 0.3 is 0 Å². The summed E-state index contributed by atoms with van der Waals surface area (Å²) >= 11 is 0. The zero-order valence-corrected chi connectivity index (χ0v) is 18.3. The molecule has 0 fully saturated rings. The minimum absolute atomic E-state index is 0.251. The Morgan fingerprint density at radius 3 is 1.44 bits per heavy atom. The number of anilines is 2. The van der Waals surface area contributed by atoms with E-state index in [9.17, 15) is 9.59 Å². The van der Waals surface area contributed by atoms with Crippen molar-refractivity contribution in [2.24, 2.45) is 0 Å². The summed E-state index contributed by atoms with van der Waals surface area (Å²) in [6.07, 6.45) is -0.211. The summed E-state index contributed by atoms with van der Waals surface area (Å²) in [6, 6.07) is 25.5. The maximum atomic E-state index is 12.7. The molecule has 0 saturated carbocycles. The van der Waals surface area contributed by atoms with Crippen LogP contribution in [0.2, 0.25) is 0 Å². The number of ether oxygens (including phenoxy) is 2. The molecule has 6 nitrogen and oxygen atoms in total. The highest BCUT2D eigenvalue weighted by Crippen LogP contribution is 2.19. The average molecular weight is 433 g/mol. The summed E-state index contributed by atoms with van der Waals surface area (Å²) in [4.78, 5) is 25.4. The Morgan fingerprint density at radius 1 is 0.656 bits per heavy atom. The summed E-state index contributed by atoms with van der Waals surface area (Å²) < 4.78 is 11.6. The van der Waals surface area contributed by atoms with Gasteiger partial charge in [-0.05, 0) is 55.3 Å². The molecule has 0 aliphatic heterocycles. The number of hydrogen-bond acceptors (Lipinski definition) is 4. The monoisotopic (exact) mass is 432 g/mol. The fourth-order valence-electron chi connectivity index (χ4n) is 3.09. The first-order valence-electron chi connectivity index (χ1n) is 10.7. The Labute approximate surface area is 188 Å². The van der Waals surface area contributed by atoms with Crippen molar-refractivity contribution in [2.75, 3.05) is 10.6 Å². The Morgan fingerprint density at radius 2 is 1.06 bits per heavy atom. The van der Waals surface area contributed by atoms with Gasteiger partial charge in [0.2, 0.25) is 0 Å². The molecule has 2 N–H and O–H groups in total. The van der Waals surface area contributed by atoms with E-state index in [1.54, 1.807) is 24.3 Å². The molecule has 166 valence electrons. The van der Waals surface area contributed by atoms with Gasteiger partial charge in [0.05, 0.1) is 0 Å². The van der Waals surface area contributed by atoms with Gasteiger partial charge in [0, 0.05) is 11.4 Å². The maximum Gasteiger partial charge on any atom is 0.265 e. The first-order valence-corrected chi connectivity index (χ1v) is 10.7. The van der Waals surface area contributed by atoms with Crippen molar-refractivity contribution in [3.05, 3.63) is 84.9 Å². The van der Waals surface area contributed by atoms with Crippen LogP contribution in [-0.4, -0.2) is 24.0 Å². The van der Waals surface area contributed by atoms with Crippen LogP contribution in [0.4, 0.5) is 11.4 Å². The van der Waals surface area contributed by atoms with Gasteiger partial charge in [-0.2, -0.15) is 0 Å². The van der Waals surface area contributed by atoms with Crippen LogP contribution in [0.3, 0.4) is 0 Å². The van der Waals surface area contributed by atoms with Crippen LogP contribution in [-0.2, 0) is 9.59 Å². The molecule has 2 amide bonds. The van der Waals surface area contributed by atoms with E-state index < -0.39 is 12.2 Å². The van der Waals surface area contributed by atoms with Crippen molar-refractivity contribution in [1.29, 1.82) is 0 Å². The quantitative estimate of drug-likeness (QED) is 0.457. The lowest BCUT2D eigenvalue weighted by Gasteiger charge is -2.19. The highest BCUT2D eigenvalue weighted by molar-refractivity contribution is 5.97. The third-order valence-electron chi connectivity index (χ3n) is 4.77. The number of carbonyl (C=O) groups is 2. The molecule has 3 aromatic carbocycles. The summed E-state index contributed by atoms with van der Waals surface area (Å²) in [5, 5.41) is 5.73. The van der Waals surface area contributed by atoms with Gasteiger partial charge < -0.3 is 20.1 Å². The number of para-hydroxylation sites is 2. The third-order valence-corrected chi connectivity index (χ3v) is 4.77. The van der Waals surface area contributed by atoms with Gasteiger partial charge in [-0.25, -0.2) is 0 Å². The number of rotatable bonds is 10. The van der Waals surface area contributed by atoms with Crippen molar-refractivity contribution in [3.63, 3.8) is 0 Å². The number of carbonyl (C=O) groups excluding carboxylic acids is 2. The van der Waals surface area contributed by atoms with Crippen molar-refractivity contribution < 1.29 is 19.1 Å². The van der Waals surface area contributed by atoms with E-state index >= 15 is 0 Å². The zero-order valence-electron chi connectivity index (χ0n) is 18.3. The lowest BCUT2D eigenvalue weighted by atomic mass is 10.2. The topological polar surface area (TPSA) is 76.7 Å². The summed E-state index contributed by atoms with van der Waals surface area (Å²) in [6.45, 7) is 3.78. The number of amides is 2. The minimum Gasteiger partial charge on any atom is -0.481 e. The van der Waals surface area contributed by atoms with Crippen LogP contribution in [0.1, 0.15) is 26.7 Å². The lowest BCUT2D eigenvalue weighted by molar-refractivity contribution is -0.123. The largest absolute Gasteiger partial charge is 0.481 e. The van der Waals surface area contributed by atoms with Crippen molar-refractivity contribution in [3.8, 4) is 11.5 Å². The van der Waals surface area contributed by atoms with Crippen LogP contribution >= 0.6 is 0 Å². The van der Waals surface area contributed by atoms with E-state index in [-0.39, 0.29) is 11.8 Å². The van der Waals surface area contributed by atoms with Gasteiger partial charge in [-0.3, -0.25) is 9.59 Å². The predicted octanol–water partition coefficient (Wildman–Crippen LogP) is 5.28. The second-order valence-electron chi connectivity index (χ2n) is 7.21. The van der Waals surface area contributed by atoms with E-state index in [1.165, 1.54) is 0 Å². The molecule has 0 aromatic heterocycles. The second-order valence-corrected chi connectivity index (χ2v) is 7.21. The van der Waals surface area contributed by atoms with Gasteiger partial charge in [-0.1, -0.05) is 56.3 Å². The molecule has 0 spiro atoms. The fourth-order valence-corrected chi connectivity index (χ4v) is 3.09. The molecule has 2 atom stereocenters. The number of hydrogen-bond donors (Lipinski definition) is 2. The van der Waals surface area contributed by atoms with E-state index in [0.717, 1.165) is 0 Å². The molecule has 0 radical (unpaired) electrons. The zero-order chi connectivity index (χ0) is 22.8. The highest BCUT2D eigenvalue weighted by atomic mass is 16.5. The molecule has 3 aromatic rings. The first kappa shape index (κ1) is 22.9. The SMILES string of the molecule is CC[C@H](Oc1ccccc1)C(=O)Nc1cccc(NC(=O)[C@H](CC)Oc2ccccc2)c1. The van der Waals surface area contributed by atoms with Crippen molar-refractivity contribution in [1.82, 2.24) is 0 Å². The van der Waals surface area contributed by atoms with Crippen LogP contribution in [0.25, 0.3) is 0 Å². The molecule has 32 heavy (non-hydrogen) atoms. The predicted molar refractivity (Wildman–Crippen MR) is 126 cm³/mol. The van der Waals surface area contributed by atoms with Crippen LogP contribution in [0.5, 0.6) is 11.5 Å². The molecule has 0 saturated heterocycles. The molecule has 0 unspecified atom stereocenters. The molecule has 0 heterocycles. The van der Waals surface area contributed by atoms with Gasteiger partial charge in [-0.15, -0.1) is 0 Å². The molecule has 0 aliphatic rings. The summed E-state index contributed by atoms with van der Waals surface area (Å²) in [7, 11) is 0. The van der Waals surface area contributed by atoms with Crippen molar-refractivity contribution >= 4 is 23.2 Å². The smallest absolute Gasteiger partial charge is 0.265 e.